The van der Waals surface area contributed by atoms with Crippen molar-refractivity contribution >= 4 is 0 Å². The fourth-order valence-electron chi connectivity index (χ4n) is 3.31. The predicted octanol–water partition coefficient (Wildman–Crippen LogP) is 3.95. The standard InChI is InChI=1S/C22H29N5O/c1-15(2)20-10-21(25-16(3)24-20)19-9-17(7-8-22(19)28-6)12-26(4)13-18-11-23-27(5)14-18/h7-11,14-15H,12-13H2,1-6H3. The second kappa shape index (κ2) is 8.52. The number of benzene rings is 1. The Morgan fingerprint density at radius 1 is 1.11 bits per heavy atom. The first-order valence-corrected chi connectivity index (χ1v) is 9.54. The molecule has 0 aliphatic rings. The second-order valence-electron chi connectivity index (χ2n) is 7.61. The van der Waals surface area contributed by atoms with Crippen LogP contribution in [0, 0.1) is 6.92 Å². The molecule has 148 valence electrons. The van der Waals surface area contributed by atoms with Gasteiger partial charge in [-0.3, -0.25) is 9.58 Å². The quantitative estimate of drug-likeness (QED) is 0.622. The summed E-state index contributed by atoms with van der Waals surface area (Å²) in [4.78, 5) is 11.5. The molecule has 0 aliphatic heterocycles. The minimum absolute atomic E-state index is 0.347. The highest BCUT2D eigenvalue weighted by atomic mass is 16.5. The van der Waals surface area contributed by atoms with Gasteiger partial charge in [0.25, 0.3) is 0 Å². The molecular weight excluding hydrogens is 350 g/mol. The molecule has 0 atom stereocenters. The molecule has 0 aliphatic carbocycles. The van der Waals surface area contributed by atoms with Crippen molar-refractivity contribution in [2.24, 2.45) is 7.05 Å². The largest absolute Gasteiger partial charge is 0.496 e. The van der Waals surface area contributed by atoms with E-state index in [-0.39, 0.29) is 0 Å². The van der Waals surface area contributed by atoms with E-state index in [0.29, 0.717) is 5.92 Å². The summed E-state index contributed by atoms with van der Waals surface area (Å²) in [6.45, 7) is 7.90. The fourth-order valence-corrected chi connectivity index (χ4v) is 3.31. The summed E-state index contributed by atoms with van der Waals surface area (Å²) in [5, 5.41) is 4.24. The molecule has 0 radical (unpaired) electrons. The van der Waals surface area contributed by atoms with Crippen LogP contribution in [-0.4, -0.2) is 38.8 Å². The number of aromatic nitrogens is 4. The molecule has 0 saturated heterocycles. The van der Waals surface area contributed by atoms with Gasteiger partial charge in [0.15, 0.2) is 0 Å². The average Bonchev–Trinajstić information content (AvgIpc) is 3.05. The molecule has 2 heterocycles. The van der Waals surface area contributed by atoms with Crippen LogP contribution in [0.5, 0.6) is 5.75 Å². The van der Waals surface area contributed by atoms with Gasteiger partial charge < -0.3 is 4.74 Å². The highest BCUT2D eigenvalue weighted by Crippen LogP contribution is 2.31. The fraction of sp³-hybridized carbons (Fsp3) is 0.409. The van der Waals surface area contributed by atoms with Crippen LogP contribution >= 0.6 is 0 Å². The Labute approximate surface area is 167 Å². The summed E-state index contributed by atoms with van der Waals surface area (Å²) >= 11 is 0. The van der Waals surface area contributed by atoms with Gasteiger partial charge in [-0.25, -0.2) is 9.97 Å². The molecule has 0 fully saturated rings. The molecule has 2 aromatic heterocycles. The summed E-state index contributed by atoms with van der Waals surface area (Å²) in [7, 11) is 5.75. The minimum Gasteiger partial charge on any atom is -0.496 e. The van der Waals surface area contributed by atoms with Crippen molar-refractivity contribution in [2.75, 3.05) is 14.2 Å². The third-order valence-electron chi connectivity index (χ3n) is 4.65. The van der Waals surface area contributed by atoms with Crippen LogP contribution in [0.4, 0.5) is 0 Å². The molecule has 0 bridgehead atoms. The molecule has 6 nitrogen and oxygen atoms in total. The number of ether oxygens (including phenoxy) is 1. The van der Waals surface area contributed by atoms with Gasteiger partial charge in [0.2, 0.25) is 0 Å². The van der Waals surface area contributed by atoms with E-state index in [9.17, 15) is 0 Å². The molecule has 3 rings (SSSR count). The van der Waals surface area contributed by atoms with Gasteiger partial charge in [-0.2, -0.15) is 5.10 Å². The van der Waals surface area contributed by atoms with Crippen LogP contribution in [0.2, 0.25) is 0 Å². The first kappa shape index (κ1) is 20.0. The number of nitrogens with zero attached hydrogens (tertiary/aromatic N) is 5. The van der Waals surface area contributed by atoms with Gasteiger partial charge >= 0.3 is 0 Å². The molecule has 28 heavy (non-hydrogen) atoms. The number of methoxy groups -OCH3 is 1. The zero-order valence-electron chi connectivity index (χ0n) is 17.6. The zero-order chi connectivity index (χ0) is 20.3. The molecule has 0 N–H and O–H groups in total. The van der Waals surface area contributed by atoms with Crippen molar-refractivity contribution in [3.05, 3.63) is 59.3 Å². The van der Waals surface area contributed by atoms with Crippen LogP contribution in [0.1, 0.15) is 42.4 Å². The highest BCUT2D eigenvalue weighted by molar-refractivity contribution is 5.68. The lowest BCUT2D eigenvalue weighted by Gasteiger charge is -2.18. The maximum atomic E-state index is 5.61. The van der Waals surface area contributed by atoms with E-state index < -0.39 is 0 Å². The smallest absolute Gasteiger partial charge is 0.128 e. The van der Waals surface area contributed by atoms with E-state index >= 15 is 0 Å². The van der Waals surface area contributed by atoms with Crippen LogP contribution < -0.4 is 4.74 Å². The van der Waals surface area contributed by atoms with Crippen molar-refractivity contribution in [1.82, 2.24) is 24.6 Å². The maximum Gasteiger partial charge on any atom is 0.128 e. The first-order valence-electron chi connectivity index (χ1n) is 9.54. The van der Waals surface area contributed by atoms with Crippen molar-refractivity contribution in [3.8, 4) is 17.0 Å². The van der Waals surface area contributed by atoms with E-state index in [0.717, 1.165) is 41.6 Å². The molecule has 0 spiro atoms. The molecule has 1 aromatic carbocycles. The monoisotopic (exact) mass is 379 g/mol. The molecule has 0 saturated carbocycles. The van der Waals surface area contributed by atoms with Gasteiger partial charge in [0.1, 0.15) is 11.6 Å². The Morgan fingerprint density at radius 2 is 1.86 bits per heavy atom. The molecule has 3 aromatic rings. The minimum atomic E-state index is 0.347. The summed E-state index contributed by atoms with van der Waals surface area (Å²) in [5.74, 6) is 1.95. The van der Waals surface area contributed by atoms with Crippen molar-refractivity contribution < 1.29 is 4.74 Å². The summed E-state index contributed by atoms with van der Waals surface area (Å²) in [6, 6.07) is 8.37. The number of hydrogen-bond donors (Lipinski definition) is 0. The third kappa shape index (κ3) is 4.75. The van der Waals surface area contributed by atoms with Crippen LogP contribution in [0.3, 0.4) is 0 Å². The lowest BCUT2D eigenvalue weighted by molar-refractivity contribution is 0.319. The zero-order valence-corrected chi connectivity index (χ0v) is 17.6. The van der Waals surface area contributed by atoms with E-state index in [2.05, 4.69) is 59.1 Å². The number of hydrogen-bond acceptors (Lipinski definition) is 5. The topological polar surface area (TPSA) is 56.1 Å². The van der Waals surface area contributed by atoms with Crippen molar-refractivity contribution in [3.63, 3.8) is 0 Å². The van der Waals surface area contributed by atoms with Crippen LogP contribution in [0.15, 0.2) is 36.7 Å². The van der Waals surface area contributed by atoms with Gasteiger partial charge in [0.05, 0.1) is 19.0 Å². The Balaban J connectivity index is 1.88. The second-order valence-corrected chi connectivity index (χ2v) is 7.61. The SMILES string of the molecule is COc1ccc(CN(C)Cc2cnn(C)c2)cc1-c1cc(C(C)C)nc(C)n1. The summed E-state index contributed by atoms with van der Waals surface area (Å²) in [6.07, 6.45) is 3.96. The van der Waals surface area contributed by atoms with Gasteiger partial charge in [0, 0.05) is 43.2 Å². The highest BCUT2D eigenvalue weighted by Gasteiger charge is 2.13. The lowest BCUT2D eigenvalue weighted by Crippen LogP contribution is -2.17. The van der Waals surface area contributed by atoms with Gasteiger partial charge in [-0.1, -0.05) is 19.9 Å². The van der Waals surface area contributed by atoms with Gasteiger partial charge in [-0.15, -0.1) is 0 Å². The van der Waals surface area contributed by atoms with E-state index in [1.54, 1.807) is 7.11 Å². The summed E-state index contributed by atoms with van der Waals surface area (Å²) in [5.41, 5.74) is 5.37. The molecular formula is C22H29N5O. The Bertz CT molecular complexity index is 948. The summed E-state index contributed by atoms with van der Waals surface area (Å²) < 4.78 is 7.45. The van der Waals surface area contributed by atoms with Crippen molar-refractivity contribution in [1.29, 1.82) is 0 Å². The molecule has 0 amide bonds. The van der Waals surface area contributed by atoms with Crippen molar-refractivity contribution in [2.45, 2.75) is 39.8 Å². The Kier molecular flexibility index (Phi) is 6.09. The number of rotatable bonds is 7. The molecule has 0 unspecified atom stereocenters. The number of aryl methyl sites for hydroxylation is 2. The Morgan fingerprint density at radius 3 is 2.50 bits per heavy atom. The average molecular weight is 380 g/mol. The van der Waals surface area contributed by atoms with E-state index in [1.165, 1.54) is 11.1 Å². The molecule has 6 heteroatoms. The lowest BCUT2D eigenvalue weighted by atomic mass is 10.0. The first-order chi connectivity index (χ1) is 13.4. The van der Waals surface area contributed by atoms with Crippen LogP contribution in [0.25, 0.3) is 11.3 Å². The third-order valence-corrected chi connectivity index (χ3v) is 4.65. The predicted molar refractivity (Wildman–Crippen MR) is 111 cm³/mol. The van der Waals surface area contributed by atoms with E-state index in [4.69, 9.17) is 4.74 Å². The van der Waals surface area contributed by atoms with Gasteiger partial charge in [-0.05, 0) is 43.7 Å². The maximum absolute atomic E-state index is 5.61. The normalized spacial score (nSPS) is 11.4. The Hall–Kier alpha value is -2.73. The van der Waals surface area contributed by atoms with Crippen LogP contribution in [-0.2, 0) is 20.1 Å². The van der Waals surface area contributed by atoms with E-state index in [1.807, 2.05) is 37.1 Å².